The Hall–Kier alpha value is -2.73. The summed E-state index contributed by atoms with van der Waals surface area (Å²) in [5.74, 6) is 0. The summed E-state index contributed by atoms with van der Waals surface area (Å²) < 4.78 is 0. The molecule has 0 amide bonds. The van der Waals surface area contributed by atoms with Crippen molar-refractivity contribution >= 4 is 39.7 Å². The van der Waals surface area contributed by atoms with Crippen molar-refractivity contribution in [2.24, 2.45) is 0 Å². The molecule has 0 bridgehead atoms. The van der Waals surface area contributed by atoms with E-state index in [1.165, 1.54) is 0 Å². The molecule has 0 aliphatic rings. The largest absolute Gasteiger partial charge is 0.331 e. The highest BCUT2D eigenvalue weighted by Gasteiger charge is 2.00. The number of hydrazine groups is 1. The lowest BCUT2D eigenvalue weighted by Crippen LogP contribution is -2.33. The molecule has 104 valence electrons. The minimum atomic E-state index is 0.474. The molecule has 1 heterocycles. The zero-order valence-electron chi connectivity index (χ0n) is 11.1. The first kappa shape index (κ1) is 13.3. The second-order valence-electron chi connectivity index (χ2n) is 4.33. The number of anilines is 2. The van der Waals surface area contributed by atoms with Crippen LogP contribution in [-0.2, 0) is 0 Å². The number of fused-ring (bicyclic) bond motifs is 1. The van der Waals surface area contributed by atoms with E-state index in [1.54, 1.807) is 12.4 Å². The highest BCUT2D eigenvalue weighted by atomic mass is 32.1. The third-order valence-electron chi connectivity index (χ3n) is 2.82. The third-order valence-corrected chi connectivity index (χ3v) is 3.03. The Labute approximate surface area is 127 Å². The molecule has 0 atom stereocenters. The molecule has 0 fully saturated rings. The normalized spacial score (nSPS) is 10.1. The Balaban J connectivity index is 1.63. The van der Waals surface area contributed by atoms with Crippen LogP contribution in [0.4, 0.5) is 11.4 Å². The summed E-state index contributed by atoms with van der Waals surface area (Å²) in [5, 5.41) is 3.57. The fourth-order valence-electron chi connectivity index (χ4n) is 1.85. The fourth-order valence-corrected chi connectivity index (χ4v) is 2.02. The molecular formula is C15H13N5S. The van der Waals surface area contributed by atoms with Crippen LogP contribution in [0.2, 0.25) is 0 Å². The second kappa shape index (κ2) is 6.15. The van der Waals surface area contributed by atoms with E-state index in [9.17, 15) is 0 Å². The molecule has 3 aromatic rings. The molecule has 0 radical (unpaired) electrons. The average molecular weight is 295 g/mol. The highest BCUT2D eigenvalue weighted by molar-refractivity contribution is 7.80. The first-order valence-corrected chi connectivity index (χ1v) is 6.81. The number of para-hydroxylation sites is 1. The van der Waals surface area contributed by atoms with Crippen molar-refractivity contribution in [3.8, 4) is 0 Å². The van der Waals surface area contributed by atoms with E-state index in [1.807, 2.05) is 48.5 Å². The molecule has 2 aromatic carbocycles. The molecular weight excluding hydrogens is 282 g/mol. The standard InChI is InChI=1S/C15H13N5S/c21-15(20-19-11-4-2-1-3-5-11)18-12-6-7-13-14(10-12)17-9-8-16-13/h1-10,19H,(H2,18,20,21). The SMILES string of the molecule is S=C(NNc1ccccc1)Nc1ccc2nccnc2c1. The topological polar surface area (TPSA) is 61.9 Å². The number of hydrogen-bond acceptors (Lipinski definition) is 4. The zero-order valence-corrected chi connectivity index (χ0v) is 11.9. The quantitative estimate of drug-likeness (QED) is 0.510. The first-order chi connectivity index (χ1) is 10.3. The lowest BCUT2D eigenvalue weighted by atomic mass is 10.2. The van der Waals surface area contributed by atoms with Gasteiger partial charge in [-0.1, -0.05) is 18.2 Å². The van der Waals surface area contributed by atoms with Gasteiger partial charge in [0, 0.05) is 18.1 Å². The van der Waals surface area contributed by atoms with Crippen LogP contribution in [0.3, 0.4) is 0 Å². The van der Waals surface area contributed by atoms with Crippen molar-refractivity contribution < 1.29 is 0 Å². The molecule has 0 unspecified atom stereocenters. The number of nitrogens with zero attached hydrogens (tertiary/aromatic N) is 2. The van der Waals surface area contributed by atoms with Gasteiger partial charge in [0.1, 0.15) is 0 Å². The van der Waals surface area contributed by atoms with Crippen LogP contribution in [0.15, 0.2) is 60.9 Å². The predicted octanol–water partition coefficient (Wildman–Crippen LogP) is 2.94. The molecule has 0 saturated heterocycles. The Kier molecular flexibility index (Phi) is 3.88. The molecule has 3 N–H and O–H groups in total. The van der Waals surface area contributed by atoms with E-state index < -0.39 is 0 Å². The summed E-state index contributed by atoms with van der Waals surface area (Å²) in [5.41, 5.74) is 9.41. The van der Waals surface area contributed by atoms with E-state index in [0.717, 1.165) is 22.4 Å². The molecule has 21 heavy (non-hydrogen) atoms. The van der Waals surface area contributed by atoms with Crippen LogP contribution in [-0.4, -0.2) is 15.1 Å². The van der Waals surface area contributed by atoms with Gasteiger partial charge in [-0.25, -0.2) is 0 Å². The van der Waals surface area contributed by atoms with Gasteiger partial charge in [-0.05, 0) is 42.5 Å². The fraction of sp³-hybridized carbons (Fsp3) is 0. The minimum absolute atomic E-state index is 0.474. The smallest absolute Gasteiger partial charge is 0.189 e. The van der Waals surface area contributed by atoms with Gasteiger partial charge < -0.3 is 5.32 Å². The van der Waals surface area contributed by atoms with Crippen LogP contribution in [0.1, 0.15) is 0 Å². The monoisotopic (exact) mass is 295 g/mol. The molecule has 6 heteroatoms. The number of aromatic nitrogens is 2. The van der Waals surface area contributed by atoms with E-state index >= 15 is 0 Å². The summed E-state index contributed by atoms with van der Waals surface area (Å²) in [6.45, 7) is 0. The van der Waals surface area contributed by atoms with Crippen molar-refractivity contribution in [2.45, 2.75) is 0 Å². The van der Waals surface area contributed by atoms with Gasteiger partial charge in [0.2, 0.25) is 0 Å². The zero-order chi connectivity index (χ0) is 14.5. The Morgan fingerprint density at radius 3 is 2.43 bits per heavy atom. The molecule has 0 aliphatic carbocycles. The predicted molar refractivity (Wildman–Crippen MR) is 89.0 cm³/mol. The van der Waals surface area contributed by atoms with E-state index in [-0.39, 0.29) is 0 Å². The molecule has 5 nitrogen and oxygen atoms in total. The van der Waals surface area contributed by atoms with Crippen LogP contribution in [0, 0.1) is 0 Å². The summed E-state index contributed by atoms with van der Waals surface area (Å²) in [7, 11) is 0. The van der Waals surface area contributed by atoms with Gasteiger partial charge in [0.25, 0.3) is 0 Å². The molecule has 1 aromatic heterocycles. The number of benzene rings is 2. The van der Waals surface area contributed by atoms with E-state index in [2.05, 4.69) is 26.1 Å². The molecule has 0 saturated carbocycles. The van der Waals surface area contributed by atoms with E-state index in [4.69, 9.17) is 12.2 Å². The van der Waals surface area contributed by atoms with Crippen LogP contribution < -0.4 is 16.2 Å². The van der Waals surface area contributed by atoms with Gasteiger partial charge in [-0.15, -0.1) is 0 Å². The number of thiocarbonyl (C=S) groups is 1. The van der Waals surface area contributed by atoms with E-state index in [0.29, 0.717) is 5.11 Å². The van der Waals surface area contributed by atoms with Crippen molar-refractivity contribution in [1.29, 1.82) is 0 Å². The highest BCUT2D eigenvalue weighted by Crippen LogP contribution is 2.14. The van der Waals surface area contributed by atoms with Gasteiger partial charge in [-0.2, -0.15) is 0 Å². The summed E-state index contributed by atoms with van der Waals surface area (Å²) >= 11 is 5.24. The average Bonchev–Trinajstić information content (AvgIpc) is 2.54. The number of hydrogen-bond donors (Lipinski definition) is 3. The number of rotatable bonds is 3. The van der Waals surface area contributed by atoms with Gasteiger partial charge in [0.15, 0.2) is 5.11 Å². The van der Waals surface area contributed by atoms with Crippen LogP contribution in [0.25, 0.3) is 11.0 Å². The van der Waals surface area contributed by atoms with Gasteiger partial charge in [0.05, 0.1) is 16.7 Å². The lowest BCUT2D eigenvalue weighted by Gasteiger charge is -2.12. The van der Waals surface area contributed by atoms with Gasteiger partial charge >= 0.3 is 0 Å². The molecule has 0 spiro atoms. The lowest BCUT2D eigenvalue weighted by molar-refractivity contribution is 1.14. The summed E-state index contributed by atoms with van der Waals surface area (Å²) in [6.07, 6.45) is 3.34. The van der Waals surface area contributed by atoms with Crippen molar-refractivity contribution in [3.63, 3.8) is 0 Å². The summed E-state index contributed by atoms with van der Waals surface area (Å²) in [6, 6.07) is 15.5. The van der Waals surface area contributed by atoms with Crippen molar-refractivity contribution in [3.05, 3.63) is 60.9 Å². The van der Waals surface area contributed by atoms with Crippen molar-refractivity contribution in [1.82, 2.24) is 15.4 Å². The third kappa shape index (κ3) is 3.43. The maximum Gasteiger partial charge on any atom is 0.189 e. The Bertz CT molecular complexity index is 760. The number of nitrogens with one attached hydrogen (secondary N) is 3. The van der Waals surface area contributed by atoms with Crippen molar-refractivity contribution in [2.75, 3.05) is 10.7 Å². The first-order valence-electron chi connectivity index (χ1n) is 6.40. The Morgan fingerprint density at radius 2 is 1.62 bits per heavy atom. The van der Waals surface area contributed by atoms with Crippen LogP contribution >= 0.6 is 12.2 Å². The molecule has 3 rings (SSSR count). The Morgan fingerprint density at radius 1 is 0.857 bits per heavy atom. The molecule has 0 aliphatic heterocycles. The minimum Gasteiger partial charge on any atom is -0.331 e. The van der Waals surface area contributed by atoms with Crippen LogP contribution in [0.5, 0.6) is 0 Å². The maximum absolute atomic E-state index is 5.24. The van der Waals surface area contributed by atoms with Gasteiger partial charge in [-0.3, -0.25) is 20.8 Å². The maximum atomic E-state index is 5.24. The summed E-state index contributed by atoms with van der Waals surface area (Å²) in [4.78, 5) is 8.49. The second-order valence-corrected chi connectivity index (χ2v) is 4.74.